The zero-order valence-corrected chi connectivity index (χ0v) is 16.2. The van der Waals surface area contributed by atoms with Crippen molar-refractivity contribution >= 4 is 17.0 Å². The molecule has 2 aromatic heterocycles. The van der Waals surface area contributed by atoms with Crippen molar-refractivity contribution in [2.24, 2.45) is 0 Å². The summed E-state index contributed by atoms with van der Waals surface area (Å²) in [4.78, 5) is 19.0. The number of aromatic nitrogens is 1. The van der Waals surface area contributed by atoms with Crippen molar-refractivity contribution < 1.29 is 26.8 Å². The summed E-state index contributed by atoms with van der Waals surface area (Å²) in [5.41, 5.74) is 1.84. The zero-order valence-electron chi connectivity index (χ0n) is 16.2. The Balaban J connectivity index is 1.44. The lowest BCUT2D eigenvalue weighted by Crippen LogP contribution is -2.30. The van der Waals surface area contributed by atoms with Crippen LogP contribution in [-0.4, -0.2) is 22.3 Å². The lowest BCUT2D eigenvalue weighted by atomic mass is 10.0. The molecule has 3 heterocycles. The van der Waals surface area contributed by atoms with Gasteiger partial charge in [0.15, 0.2) is 11.3 Å². The molecule has 5 nitrogen and oxygen atoms in total. The van der Waals surface area contributed by atoms with E-state index in [1.165, 1.54) is 18.4 Å². The standard InChI is InChI=1S/C23H17F3N2O3/c24-23(25,26)16-8-5-14(6-9-16)15-7-10-19-17(13-15)27-21(31-19)18-3-1-11-28(18)22(29)20-4-2-12-30-20/h2,4-10,12-13,18H,1,3,11H2/t18-/m0/s1. The fourth-order valence-electron chi connectivity index (χ4n) is 3.93. The quantitative estimate of drug-likeness (QED) is 0.398. The Morgan fingerprint density at radius 2 is 1.84 bits per heavy atom. The number of oxazole rings is 1. The van der Waals surface area contributed by atoms with Crippen molar-refractivity contribution in [1.29, 1.82) is 0 Å². The van der Waals surface area contributed by atoms with Gasteiger partial charge < -0.3 is 13.7 Å². The van der Waals surface area contributed by atoms with Crippen LogP contribution in [0.4, 0.5) is 13.2 Å². The number of furan rings is 1. The van der Waals surface area contributed by atoms with Gasteiger partial charge in [0.1, 0.15) is 11.6 Å². The number of alkyl halides is 3. The first-order valence-electron chi connectivity index (χ1n) is 9.83. The van der Waals surface area contributed by atoms with E-state index in [1.54, 1.807) is 35.2 Å². The molecule has 1 amide bonds. The molecule has 0 bridgehead atoms. The highest BCUT2D eigenvalue weighted by Gasteiger charge is 2.35. The number of hydrogen-bond acceptors (Lipinski definition) is 4. The molecule has 1 fully saturated rings. The van der Waals surface area contributed by atoms with Gasteiger partial charge in [0.25, 0.3) is 5.91 Å². The molecule has 0 radical (unpaired) electrons. The van der Waals surface area contributed by atoms with Crippen molar-refractivity contribution in [3.05, 3.63) is 78.1 Å². The first kappa shape index (κ1) is 19.4. The summed E-state index contributed by atoms with van der Waals surface area (Å²) in [7, 11) is 0. The number of benzene rings is 2. The van der Waals surface area contributed by atoms with Gasteiger partial charge in [-0.2, -0.15) is 13.2 Å². The molecule has 0 spiro atoms. The maximum absolute atomic E-state index is 12.8. The highest BCUT2D eigenvalue weighted by atomic mass is 19.4. The number of carbonyl (C=O) groups is 1. The van der Waals surface area contributed by atoms with Gasteiger partial charge in [-0.25, -0.2) is 4.98 Å². The minimum absolute atomic E-state index is 0.208. The van der Waals surface area contributed by atoms with Gasteiger partial charge in [-0.05, 0) is 60.4 Å². The van der Waals surface area contributed by atoms with E-state index in [2.05, 4.69) is 4.98 Å². The van der Waals surface area contributed by atoms with Crippen molar-refractivity contribution in [2.45, 2.75) is 25.1 Å². The van der Waals surface area contributed by atoms with E-state index < -0.39 is 11.7 Å². The summed E-state index contributed by atoms with van der Waals surface area (Å²) in [6.45, 7) is 0.583. The van der Waals surface area contributed by atoms with E-state index in [0.717, 1.165) is 30.5 Å². The number of hydrogen-bond donors (Lipinski definition) is 0. The normalized spacial score (nSPS) is 16.9. The summed E-state index contributed by atoms with van der Waals surface area (Å²) in [6, 6.07) is 13.3. The zero-order chi connectivity index (χ0) is 21.6. The van der Waals surface area contributed by atoms with Crippen molar-refractivity contribution in [1.82, 2.24) is 9.88 Å². The Bertz CT molecular complexity index is 1230. The van der Waals surface area contributed by atoms with Crippen LogP contribution in [0.15, 0.2) is 69.7 Å². The average molecular weight is 426 g/mol. The van der Waals surface area contributed by atoms with E-state index in [1.807, 2.05) is 0 Å². The number of nitrogens with zero attached hydrogens (tertiary/aromatic N) is 2. The fourth-order valence-corrected chi connectivity index (χ4v) is 3.93. The third-order valence-corrected chi connectivity index (χ3v) is 5.48. The largest absolute Gasteiger partial charge is 0.459 e. The van der Waals surface area contributed by atoms with Crippen LogP contribution in [-0.2, 0) is 6.18 Å². The number of likely N-dealkylation sites (tertiary alicyclic amines) is 1. The second-order valence-corrected chi connectivity index (χ2v) is 7.44. The van der Waals surface area contributed by atoms with Crippen LogP contribution in [0.25, 0.3) is 22.2 Å². The molecule has 31 heavy (non-hydrogen) atoms. The van der Waals surface area contributed by atoms with Crippen LogP contribution in [0.1, 0.15) is 40.9 Å². The predicted molar refractivity (Wildman–Crippen MR) is 106 cm³/mol. The van der Waals surface area contributed by atoms with E-state index >= 15 is 0 Å². The molecular formula is C23H17F3N2O3. The second-order valence-electron chi connectivity index (χ2n) is 7.44. The van der Waals surface area contributed by atoms with Crippen LogP contribution >= 0.6 is 0 Å². The Morgan fingerprint density at radius 1 is 1.06 bits per heavy atom. The summed E-state index contributed by atoms with van der Waals surface area (Å²) < 4.78 is 49.6. The first-order valence-corrected chi connectivity index (χ1v) is 9.83. The average Bonchev–Trinajstić information content (AvgIpc) is 3.52. The Kier molecular flexibility index (Phi) is 4.57. The van der Waals surface area contributed by atoms with Crippen molar-refractivity contribution in [3.63, 3.8) is 0 Å². The molecule has 0 saturated carbocycles. The lowest BCUT2D eigenvalue weighted by molar-refractivity contribution is -0.137. The van der Waals surface area contributed by atoms with Crippen LogP contribution in [0.2, 0.25) is 0 Å². The molecule has 8 heteroatoms. The summed E-state index contributed by atoms with van der Waals surface area (Å²) in [5.74, 6) is 0.504. The maximum Gasteiger partial charge on any atom is 0.416 e. The molecule has 1 aliphatic rings. The SMILES string of the molecule is O=C(c1ccco1)N1CCC[C@H]1c1nc2cc(-c3ccc(C(F)(F)F)cc3)ccc2o1. The van der Waals surface area contributed by atoms with Crippen LogP contribution in [0, 0.1) is 0 Å². The smallest absolute Gasteiger partial charge is 0.416 e. The number of halogens is 3. The van der Waals surface area contributed by atoms with Crippen LogP contribution < -0.4 is 0 Å². The highest BCUT2D eigenvalue weighted by molar-refractivity contribution is 5.92. The van der Waals surface area contributed by atoms with E-state index in [-0.39, 0.29) is 17.7 Å². The molecule has 5 rings (SSSR count). The van der Waals surface area contributed by atoms with Gasteiger partial charge in [0.05, 0.1) is 11.8 Å². The predicted octanol–water partition coefficient (Wildman–Crippen LogP) is 6.08. The molecule has 0 aliphatic carbocycles. The fraction of sp³-hybridized carbons (Fsp3) is 0.217. The molecule has 4 aromatic rings. The highest BCUT2D eigenvalue weighted by Crippen LogP contribution is 2.36. The number of rotatable bonds is 3. The summed E-state index contributed by atoms with van der Waals surface area (Å²) >= 11 is 0. The molecule has 1 atom stereocenters. The molecule has 1 saturated heterocycles. The van der Waals surface area contributed by atoms with Crippen LogP contribution in [0.5, 0.6) is 0 Å². The van der Waals surface area contributed by atoms with Gasteiger partial charge in [0.2, 0.25) is 5.89 Å². The van der Waals surface area contributed by atoms with Gasteiger partial charge in [-0.1, -0.05) is 18.2 Å². The first-order chi connectivity index (χ1) is 14.9. The molecule has 2 aromatic carbocycles. The monoisotopic (exact) mass is 426 g/mol. The third-order valence-electron chi connectivity index (χ3n) is 5.48. The summed E-state index contributed by atoms with van der Waals surface area (Å²) in [6.07, 6.45) is -1.36. The van der Waals surface area contributed by atoms with Gasteiger partial charge in [-0.15, -0.1) is 0 Å². The van der Waals surface area contributed by atoms with E-state index in [0.29, 0.717) is 29.1 Å². The number of carbonyl (C=O) groups excluding carboxylic acids is 1. The summed E-state index contributed by atoms with van der Waals surface area (Å²) in [5, 5.41) is 0. The molecular weight excluding hydrogens is 409 g/mol. The molecule has 0 N–H and O–H groups in total. The Morgan fingerprint density at radius 3 is 2.55 bits per heavy atom. The minimum Gasteiger partial charge on any atom is -0.459 e. The van der Waals surface area contributed by atoms with Crippen LogP contribution in [0.3, 0.4) is 0 Å². The van der Waals surface area contributed by atoms with Gasteiger partial charge >= 0.3 is 6.18 Å². The third kappa shape index (κ3) is 3.58. The van der Waals surface area contributed by atoms with Crippen molar-refractivity contribution in [2.75, 3.05) is 6.54 Å². The molecule has 1 aliphatic heterocycles. The van der Waals surface area contributed by atoms with E-state index in [4.69, 9.17) is 8.83 Å². The number of fused-ring (bicyclic) bond motifs is 1. The second kappa shape index (κ2) is 7.30. The molecule has 0 unspecified atom stereocenters. The van der Waals surface area contributed by atoms with Gasteiger partial charge in [0, 0.05) is 6.54 Å². The van der Waals surface area contributed by atoms with Gasteiger partial charge in [-0.3, -0.25) is 4.79 Å². The number of amides is 1. The minimum atomic E-state index is -4.37. The maximum atomic E-state index is 12.8. The lowest BCUT2D eigenvalue weighted by Gasteiger charge is -2.20. The Hall–Kier alpha value is -3.55. The molecule has 158 valence electrons. The Labute approximate surface area is 175 Å². The topological polar surface area (TPSA) is 59.5 Å². The van der Waals surface area contributed by atoms with Crippen molar-refractivity contribution in [3.8, 4) is 11.1 Å². The van der Waals surface area contributed by atoms with E-state index in [9.17, 15) is 18.0 Å².